The highest BCUT2D eigenvalue weighted by molar-refractivity contribution is 4.73. The third-order valence-corrected chi connectivity index (χ3v) is 9.15. The van der Waals surface area contributed by atoms with Gasteiger partial charge in [-0.15, -0.1) is 0 Å². The van der Waals surface area contributed by atoms with Crippen molar-refractivity contribution in [1.82, 2.24) is 0 Å². The van der Waals surface area contributed by atoms with E-state index < -0.39 is 0 Å². The minimum Gasteiger partial charge on any atom is -0.396 e. The van der Waals surface area contributed by atoms with Crippen molar-refractivity contribution in [1.29, 1.82) is 0 Å². The molecule has 0 aromatic heterocycles. The van der Waals surface area contributed by atoms with E-state index in [0.29, 0.717) is 6.61 Å². The van der Waals surface area contributed by atoms with Gasteiger partial charge in [-0.05, 0) is 18.3 Å². The summed E-state index contributed by atoms with van der Waals surface area (Å²) in [6.07, 6.45) is 45.2. The fraction of sp³-hybridized carbons (Fsp3) is 1.00. The molecular formula is C37H76O. The monoisotopic (exact) mass is 537 g/mol. The molecule has 0 aliphatic rings. The molecule has 230 valence electrons. The van der Waals surface area contributed by atoms with Crippen molar-refractivity contribution in [2.45, 2.75) is 226 Å². The normalized spacial score (nSPS) is 13.3. The van der Waals surface area contributed by atoms with Gasteiger partial charge < -0.3 is 5.11 Å². The first-order chi connectivity index (χ1) is 18.7. The Bertz CT molecular complexity index is 419. The topological polar surface area (TPSA) is 20.2 Å². The average molecular weight is 537 g/mol. The minimum atomic E-state index is 0.174. The lowest BCUT2D eigenvalue weighted by molar-refractivity contribution is 0.116. The largest absolute Gasteiger partial charge is 0.396 e. The van der Waals surface area contributed by atoms with Gasteiger partial charge in [0.1, 0.15) is 0 Å². The van der Waals surface area contributed by atoms with Crippen LogP contribution in [0.5, 0.6) is 0 Å². The number of aliphatic hydroxyl groups is 1. The molecule has 0 radical (unpaired) electrons. The van der Waals surface area contributed by atoms with Gasteiger partial charge in [-0.3, -0.25) is 0 Å². The van der Waals surface area contributed by atoms with E-state index in [-0.39, 0.29) is 5.41 Å². The van der Waals surface area contributed by atoms with Gasteiger partial charge in [0.15, 0.2) is 0 Å². The molecule has 0 aromatic rings. The highest BCUT2D eigenvalue weighted by Crippen LogP contribution is 2.31. The van der Waals surface area contributed by atoms with E-state index in [1.54, 1.807) is 0 Å². The van der Waals surface area contributed by atoms with Crippen LogP contribution in [0.1, 0.15) is 226 Å². The lowest BCUT2D eigenvalue weighted by Gasteiger charge is -2.27. The molecule has 0 amide bonds. The molecule has 1 N–H and O–H groups in total. The predicted octanol–water partition coefficient (Wildman–Crippen LogP) is 13.5. The maximum absolute atomic E-state index is 10.0. The van der Waals surface area contributed by atoms with Crippen LogP contribution in [0.15, 0.2) is 0 Å². The Morgan fingerprint density at radius 3 is 0.684 bits per heavy atom. The van der Waals surface area contributed by atoms with Crippen LogP contribution in [0.4, 0.5) is 0 Å². The molecule has 0 heterocycles. The molecule has 0 aliphatic carbocycles. The van der Waals surface area contributed by atoms with Crippen LogP contribution in [0.3, 0.4) is 0 Å². The van der Waals surface area contributed by atoms with E-state index in [4.69, 9.17) is 0 Å². The van der Waals surface area contributed by atoms with Gasteiger partial charge in [0.05, 0.1) is 0 Å². The molecule has 0 aromatic carbocycles. The van der Waals surface area contributed by atoms with Crippen LogP contribution in [0, 0.1) is 5.41 Å². The molecule has 1 nitrogen and oxygen atoms in total. The number of aliphatic hydroxyl groups excluding tert-OH is 1. The summed E-state index contributed by atoms with van der Waals surface area (Å²) in [5.74, 6) is 0. The summed E-state index contributed by atoms with van der Waals surface area (Å²) in [6, 6.07) is 0. The van der Waals surface area contributed by atoms with Crippen LogP contribution in [0.2, 0.25) is 0 Å². The molecule has 0 bridgehead atoms. The fourth-order valence-corrected chi connectivity index (χ4v) is 6.13. The first-order valence-electron chi connectivity index (χ1n) is 18.3. The number of hydrogen-bond acceptors (Lipinski definition) is 1. The quantitative estimate of drug-likeness (QED) is 0.0827. The molecule has 0 aliphatic heterocycles. The third-order valence-electron chi connectivity index (χ3n) is 9.15. The first kappa shape index (κ1) is 38.0. The molecule has 0 rings (SSSR count). The summed E-state index contributed by atoms with van der Waals surface area (Å²) in [5.41, 5.74) is 0.174. The Kier molecular flexibility index (Phi) is 31.5. The van der Waals surface area contributed by atoms with Crippen LogP contribution in [0.25, 0.3) is 0 Å². The van der Waals surface area contributed by atoms with Gasteiger partial charge in [-0.25, -0.2) is 0 Å². The molecule has 0 saturated carbocycles. The molecule has 1 atom stereocenters. The zero-order valence-corrected chi connectivity index (χ0v) is 27.3. The molecule has 0 unspecified atom stereocenters. The lowest BCUT2D eigenvalue weighted by atomic mass is 9.80. The number of hydrogen-bond donors (Lipinski definition) is 1. The van der Waals surface area contributed by atoms with Gasteiger partial charge in [0.2, 0.25) is 0 Å². The van der Waals surface area contributed by atoms with Crippen molar-refractivity contribution in [3.63, 3.8) is 0 Å². The smallest absolute Gasteiger partial charge is 0.0484 e. The van der Waals surface area contributed by atoms with Crippen molar-refractivity contribution < 1.29 is 5.11 Å². The van der Waals surface area contributed by atoms with Crippen LogP contribution < -0.4 is 0 Å². The highest BCUT2D eigenvalue weighted by atomic mass is 16.3. The SMILES string of the molecule is CCCCCCCCCCCCCCCCCC[C@@](C)(CO)CCCCCCCCCCCCCCCC. The Labute approximate surface area is 243 Å². The number of rotatable bonds is 33. The lowest BCUT2D eigenvalue weighted by Crippen LogP contribution is -2.21. The molecule has 38 heavy (non-hydrogen) atoms. The van der Waals surface area contributed by atoms with Gasteiger partial charge in [-0.2, -0.15) is 0 Å². The zero-order chi connectivity index (χ0) is 27.8. The Hall–Kier alpha value is -0.0400. The van der Waals surface area contributed by atoms with Gasteiger partial charge >= 0.3 is 0 Å². The second kappa shape index (κ2) is 31.5. The summed E-state index contributed by atoms with van der Waals surface area (Å²) in [7, 11) is 0. The Morgan fingerprint density at radius 1 is 0.316 bits per heavy atom. The Balaban J connectivity index is 3.39. The van der Waals surface area contributed by atoms with Crippen molar-refractivity contribution in [3.05, 3.63) is 0 Å². The minimum absolute atomic E-state index is 0.174. The van der Waals surface area contributed by atoms with Crippen molar-refractivity contribution >= 4 is 0 Å². The first-order valence-corrected chi connectivity index (χ1v) is 18.3. The second-order valence-corrected chi connectivity index (χ2v) is 13.4. The molecular weight excluding hydrogens is 460 g/mol. The van der Waals surface area contributed by atoms with E-state index in [2.05, 4.69) is 20.8 Å². The summed E-state index contributed by atoms with van der Waals surface area (Å²) < 4.78 is 0. The average Bonchev–Trinajstić information content (AvgIpc) is 2.93. The van der Waals surface area contributed by atoms with Gasteiger partial charge in [0.25, 0.3) is 0 Å². The van der Waals surface area contributed by atoms with Crippen molar-refractivity contribution in [2.75, 3.05) is 6.61 Å². The van der Waals surface area contributed by atoms with Crippen LogP contribution >= 0.6 is 0 Å². The fourth-order valence-electron chi connectivity index (χ4n) is 6.13. The van der Waals surface area contributed by atoms with E-state index in [0.717, 1.165) is 0 Å². The van der Waals surface area contributed by atoms with Crippen molar-refractivity contribution in [2.24, 2.45) is 5.41 Å². The molecule has 0 spiro atoms. The highest BCUT2D eigenvalue weighted by Gasteiger charge is 2.22. The maximum Gasteiger partial charge on any atom is 0.0484 e. The summed E-state index contributed by atoms with van der Waals surface area (Å²) in [5, 5.41) is 10.0. The van der Waals surface area contributed by atoms with E-state index in [1.165, 1.54) is 205 Å². The maximum atomic E-state index is 10.0. The molecule has 0 saturated heterocycles. The Morgan fingerprint density at radius 2 is 0.500 bits per heavy atom. The van der Waals surface area contributed by atoms with Crippen LogP contribution in [-0.2, 0) is 0 Å². The standard InChI is InChI=1S/C37H76O/c1-4-6-8-10-12-14-16-18-20-21-23-25-27-29-31-33-35-37(3,36-38)34-32-30-28-26-24-22-19-17-15-13-11-9-7-5-2/h38H,4-36H2,1-3H3/t37-/m0/s1. The van der Waals surface area contributed by atoms with Gasteiger partial charge in [0, 0.05) is 6.61 Å². The van der Waals surface area contributed by atoms with Crippen LogP contribution in [-0.4, -0.2) is 11.7 Å². The summed E-state index contributed by atoms with van der Waals surface area (Å²) >= 11 is 0. The van der Waals surface area contributed by atoms with Crippen molar-refractivity contribution in [3.8, 4) is 0 Å². The number of unbranched alkanes of at least 4 members (excludes halogenated alkanes) is 28. The summed E-state index contributed by atoms with van der Waals surface area (Å²) in [4.78, 5) is 0. The van der Waals surface area contributed by atoms with E-state index in [9.17, 15) is 5.11 Å². The van der Waals surface area contributed by atoms with Gasteiger partial charge in [-0.1, -0.05) is 213 Å². The molecule has 0 fully saturated rings. The van der Waals surface area contributed by atoms with E-state index >= 15 is 0 Å². The summed E-state index contributed by atoms with van der Waals surface area (Å²) in [6.45, 7) is 7.31. The third kappa shape index (κ3) is 29.0. The zero-order valence-electron chi connectivity index (χ0n) is 27.3. The second-order valence-electron chi connectivity index (χ2n) is 13.4. The molecule has 1 heteroatoms. The predicted molar refractivity (Wildman–Crippen MR) is 174 cm³/mol. The van der Waals surface area contributed by atoms with E-state index in [1.807, 2.05) is 0 Å².